The van der Waals surface area contributed by atoms with Crippen LogP contribution in [0.5, 0.6) is 0 Å². The van der Waals surface area contributed by atoms with Crippen molar-refractivity contribution in [1.82, 2.24) is 15.0 Å². The number of hydrogen-bond acceptors (Lipinski definition) is 4. The van der Waals surface area contributed by atoms with E-state index in [0.717, 1.165) is 38.3 Å². The summed E-state index contributed by atoms with van der Waals surface area (Å²) >= 11 is 0. The minimum Gasteiger partial charge on any atom is -0.342 e. The van der Waals surface area contributed by atoms with Crippen molar-refractivity contribution in [1.29, 1.82) is 0 Å². The summed E-state index contributed by atoms with van der Waals surface area (Å²) in [7, 11) is 0. The third-order valence-electron chi connectivity index (χ3n) is 5.16. The molecule has 5 heteroatoms. The summed E-state index contributed by atoms with van der Waals surface area (Å²) in [5.74, 6) is 2.68. The standard InChI is InChI=1S/C17H27N3O2/c1-13-18-17(22-19-13)15-8-5-11-20(12-15)16(21)10-9-14-6-3-2-4-7-14/h14-15H,2-12H2,1H3. The third-order valence-corrected chi connectivity index (χ3v) is 5.16. The molecule has 5 nitrogen and oxygen atoms in total. The monoisotopic (exact) mass is 305 g/mol. The van der Waals surface area contributed by atoms with Gasteiger partial charge in [0, 0.05) is 19.5 Å². The minimum atomic E-state index is 0.216. The van der Waals surface area contributed by atoms with Crippen LogP contribution < -0.4 is 0 Å². The number of aryl methyl sites for hydroxylation is 1. The molecule has 1 aromatic heterocycles. The predicted octanol–water partition coefficient (Wildman–Crippen LogP) is 3.44. The lowest BCUT2D eigenvalue weighted by molar-refractivity contribution is -0.132. The van der Waals surface area contributed by atoms with Gasteiger partial charge in [-0.3, -0.25) is 4.79 Å². The van der Waals surface area contributed by atoms with Crippen molar-refractivity contribution in [3.8, 4) is 0 Å². The first kappa shape index (κ1) is 15.5. The van der Waals surface area contributed by atoms with Crippen LogP contribution >= 0.6 is 0 Å². The second-order valence-corrected chi connectivity index (χ2v) is 6.90. The number of aromatic nitrogens is 2. The molecule has 0 radical (unpaired) electrons. The number of rotatable bonds is 4. The Kier molecular flexibility index (Phi) is 5.11. The Labute approximate surface area is 132 Å². The molecule has 122 valence electrons. The highest BCUT2D eigenvalue weighted by molar-refractivity contribution is 5.76. The van der Waals surface area contributed by atoms with E-state index in [4.69, 9.17) is 4.52 Å². The Bertz CT molecular complexity index is 494. The number of piperidine rings is 1. The summed E-state index contributed by atoms with van der Waals surface area (Å²) in [5, 5.41) is 3.87. The molecule has 1 aromatic rings. The molecule has 2 aliphatic rings. The molecule has 1 aliphatic heterocycles. The average Bonchev–Trinajstić information content (AvgIpc) is 3.00. The zero-order valence-corrected chi connectivity index (χ0v) is 13.6. The molecule has 3 rings (SSSR count). The summed E-state index contributed by atoms with van der Waals surface area (Å²) in [6.07, 6.45) is 10.5. The van der Waals surface area contributed by atoms with Crippen molar-refractivity contribution < 1.29 is 9.32 Å². The zero-order chi connectivity index (χ0) is 15.4. The van der Waals surface area contributed by atoms with Crippen molar-refractivity contribution in [2.24, 2.45) is 5.92 Å². The number of carbonyl (C=O) groups excluding carboxylic acids is 1. The van der Waals surface area contributed by atoms with E-state index in [9.17, 15) is 4.79 Å². The van der Waals surface area contributed by atoms with Gasteiger partial charge in [-0.1, -0.05) is 37.3 Å². The lowest BCUT2D eigenvalue weighted by Gasteiger charge is -2.31. The number of hydrogen-bond donors (Lipinski definition) is 0. The molecule has 1 saturated carbocycles. The van der Waals surface area contributed by atoms with Gasteiger partial charge in [0.2, 0.25) is 11.8 Å². The van der Waals surface area contributed by atoms with Crippen molar-refractivity contribution >= 4 is 5.91 Å². The molecule has 1 amide bonds. The van der Waals surface area contributed by atoms with E-state index in [0.29, 0.717) is 24.0 Å². The minimum absolute atomic E-state index is 0.216. The van der Waals surface area contributed by atoms with Crippen LogP contribution in [-0.4, -0.2) is 34.0 Å². The van der Waals surface area contributed by atoms with E-state index >= 15 is 0 Å². The van der Waals surface area contributed by atoms with Crippen LogP contribution in [0.25, 0.3) is 0 Å². The number of nitrogens with zero attached hydrogens (tertiary/aromatic N) is 3. The second kappa shape index (κ2) is 7.25. The van der Waals surface area contributed by atoms with Crippen molar-refractivity contribution in [2.45, 2.75) is 70.6 Å². The van der Waals surface area contributed by atoms with Gasteiger partial charge in [-0.2, -0.15) is 4.98 Å². The summed E-state index contributed by atoms with van der Waals surface area (Å²) in [6.45, 7) is 3.46. The predicted molar refractivity (Wildman–Crippen MR) is 83.4 cm³/mol. The SMILES string of the molecule is Cc1noc(C2CCCN(C(=O)CCC3CCCCC3)C2)n1. The van der Waals surface area contributed by atoms with Gasteiger partial charge in [0.15, 0.2) is 5.82 Å². The lowest BCUT2D eigenvalue weighted by Crippen LogP contribution is -2.39. The second-order valence-electron chi connectivity index (χ2n) is 6.90. The Hall–Kier alpha value is -1.39. The van der Waals surface area contributed by atoms with Crippen LogP contribution in [0.1, 0.15) is 75.4 Å². The fraction of sp³-hybridized carbons (Fsp3) is 0.824. The quantitative estimate of drug-likeness (QED) is 0.855. The molecule has 2 fully saturated rings. The maximum Gasteiger partial charge on any atom is 0.231 e. The third kappa shape index (κ3) is 3.87. The van der Waals surface area contributed by atoms with Gasteiger partial charge in [0.05, 0.1) is 5.92 Å². The van der Waals surface area contributed by atoms with Crippen LogP contribution in [0.2, 0.25) is 0 Å². The van der Waals surface area contributed by atoms with Crippen LogP contribution in [0.3, 0.4) is 0 Å². The smallest absolute Gasteiger partial charge is 0.231 e. The molecule has 1 unspecified atom stereocenters. The Morgan fingerprint density at radius 3 is 2.77 bits per heavy atom. The van der Waals surface area contributed by atoms with E-state index in [1.165, 1.54) is 32.1 Å². The highest BCUT2D eigenvalue weighted by Crippen LogP contribution is 2.29. The van der Waals surface area contributed by atoms with Gasteiger partial charge in [-0.25, -0.2) is 0 Å². The maximum absolute atomic E-state index is 12.5. The topological polar surface area (TPSA) is 59.2 Å². The molecule has 0 N–H and O–H groups in total. The summed E-state index contributed by atoms with van der Waals surface area (Å²) in [5.41, 5.74) is 0. The zero-order valence-electron chi connectivity index (χ0n) is 13.6. The summed E-state index contributed by atoms with van der Waals surface area (Å²) < 4.78 is 5.29. The molecule has 0 spiro atoms. The van der Waals surface area contributed by atoms with Gasteiger partial charge in [-0.05, 0) is 32.1 Å². The van der Waals surface area contributed by atoms with E-state index < -0.39 is 0 Å². The van der Waals surface area contributed by atoms with Gasteiger partial charge in [-0.15, -0.1) is 0 Å². The number of likely N-dealkylation sites (tertiary alicyclic amines) is 1. The van der Waals surface area contributed by atoms with E-state index in [1.54, 1.807) is 0 Å². The molecule has 2 heterocycles. The largest absolute Gasteiger partial charge is 0.342 e. The molecule has 1 atom stereocenters. The Morgan fingerprint density at radius 1 is 1.23 bits per heavy atom. The highest BCUT2D eigenvalue weighted by atomic mass is 16.5. The molecule has 1 saturated heterocycles. The number of amides is 1. The van der Waals surface area contributed by atoms with Crippen LogP contribution in [0.4, 0.5) is 0 Å². The van der Waals surface area contributed by atoms with E-state index in [2.05, 4.69) is 10.1 Å². The molecule has 22 heavy (non-hydrogen) atoms. The molecule has 0 bridgehead atoms. The number of carbonyl (C=O) groups is 1. The maximum atomic E-state index is 12.5. The first-order chi connectivity index (χ1) is 10.7. The molecular formula is C17H27N3O2. The normalized spacial score (nSPS) is 23.7. The van der Waals surface area contributed by atoms with Gasteiger partial charge in [0.25, 0.3) is 0 Å². The first-order valence-corrected chi connectivity index (χ1v) is 8.80. The van der Waals surface area contributed by atoms with Crippen molar-refractivity contribution in [3.05, 3.63) is 11.7 Å². The fourth-order valence-electron chi connectivity index (χ4n) is 3.85. The first-order valence-electron chi connectivity index (χ1n) is 8.80. The molecule has 1 aliphatic carbocycles. The van der Waals surface area contributed by atoms with Gasteiger partial charge < -0.3 is 9.42 Å². The van der Waals surface area contributed by atoms with Gasteiger partial charge >= 0.3 is 0 Å². The summed E-state index contributed by atoms with van der Waals surface area (Å²) in [6, 6.07) is 0. The van der Waals surface area contributed by atoms with Crippen molar-refractivity contribution in [3.63, 3.8) is 0 Å². The lowest BCUT2D eigenvalue weighted by atomic mass is 9.86. The Morgan fingerprint density at radius 2 is 2.05 bits per heavy atom. The van der Waals surface area contributed by atoms with Crippen molar-refractivity contribution in [2.75, 3.05) is 13.1 Å². The molecular weight excluding hydrogens is 278 g/mol. The van der Waals surface area contributed by atoms with E-state index in [1.807, 2.05) is 11.8 Å². The average molecular weight is 305 g/mol. The Balaban J connectivity index is 1.49. The highest BCUT2D eigenvalue weighted by Gasteiger charge is 2.28. The fourth-order valence-corrected chi connectivity index (χ4v) is 3.85. The molecule has 0 aromatic carbocycles. The summed E-state index contributed by atoms with van der Waals surface area (Å²) in [4.78, 5) is 18.8. The van der Waals surface area contributed by atoms with Gasteiger partial charge in [0.1, 0.15) is 0 Å². The van der Waals surface area contributed by atoms with Crippen LogP contribution in [-0.2, 0) is 4.79 Å². The van der Waals surface area contributed by atoms with Crippen LogP contribution in [0, 0.1) is 12.8 Å². The van der Waals surface area contributed by atoms with Crippen LogP contribution in [0.15, 0.2) is 4.52 Å². The van der Waals surface area contributed by atoms with E-state index in [-0.39, 0.29) is 5.92 Å².